The molecule has 1 aromatic carbocycles. The number of nitrogens with zero attached hydrogens (tertiary/aromatic N) is 3. The Morgan fingerprint density at radius 1 is 1.21 bits per heavy atom. The molecule has 2 rings (SSSR count). The number of rotatable bonds is 5. The van der Waals surface area contributed by atoms with Gasteiger partial charge in [-0.2, -0.15) is 14.2 Å². The lowest BCUT2D eigenvalue weighted by Crippen LogP contribution is -2.73. The predicted molar refractivity (Wildman–Crippen MR) is 64.0 cm³/mol. The highest BCUT2D eigenvalue weighted by molar-refractivity contribution is 5.71. The highest BCUT2D eigenvalue weighted by Gasteiger charge is 2.28. The van der Waals surface area contributed by atoms with Gasteiger partial charge in [-0.05, 0) is 24.3 Å². The van der Waals surface area contributed by atoms with Gasteiger partial charge in [0.1, 0.15) is 0 Å². The molecule has 0 unspecified atom stereocenters. The summed E-state index contributed by atoms with van der Waals surface area (Å²) in [6.45, 7) is -1.77. The third-order valence-corrected chi connectivity index (χ3v) is 2.18. The van der Waals surface area contributed by atoms with E-state index in [2.05, 4.69) is 15.3 Å². The molecule has 8 heteroatoms. The first kappa shape index (κ1) is 13.2. The van der Waals surface area contributed by atoms with Crippen LogP contribution in [0.2, 0.25) is 0 Å². The molecule has 0 spiro atoms. The molecule has 0 fully saturated rings. The average Bonchev–Trinajstić information content (AvgIpc) is 2.91. The number of azo groups is 1. The summed E-state index contributed by atoms with van der Waals surface area (Å²) >= 11 is 0. The summed E-state index contributed by atoms with van der Waals surface area (Å²) in [6.07, 6.45) is 3.27. The molecule has 0 saturated heterocycles. The van der Waals surface area contributed by atoms with Crippen LogP contribution in [0.4, 0.5) is 24.5 Å². The van der Waals surface area contributed by atoms with E-state index in [4.69, 9.17) is 0 Å². The second-order valence-corrected chi connectivity index (χ2v) is 3.73. The molecule has 0 saturated carbocycles. The van der Waals surface area contributed by atoms with Crippen LogP contribution < -0.4 is 10.7 Å². The topological polar surface area (TPSA) is 65.7 Å². The SMILES string of the molecule is FCC(F)(F)Nc1ccc(N=NC2=CC=N[NH2+]2)cc1. The molecule has 0 radical (unpaired) electrons. The molecule has 1 heterocycles. The summed E-state index contributed by atoms with van der Waals surface area (Å²) in [5.41, 5.74) is 2.15. The van der Waals surface area contributed by atoms with Gasteiger partial charge < -0.3 is 5.32 Å². The number of quaternary nitrogens is 1. The van der Waals surface area contributed by atoms with Crippen LogP contribution in [-0.4, -0.2) is 18.9 Å². The lowest BCUT2D eigenvalue weighted by atomic mass is 10.3. The molecule has 5 nitrogen and oxygen atoms in total. The molecule has 0 aromatic heterocycles. The number of anilines is 1. The van der Waals surface area contributed by atoms with Crippen LogP contribution >= 0.6 is 0 Å². The minimum absolute atomic E-state index is 0.108. The summed E-state index contributed by atoms with van der Waals surface area (Å²) in [6, 6.07) is 2.18. The van der Waals surface area contributed by atoms with E-state index in [9.17, 15) is 13.2 Å². The molecule has 0 amide bonds. The van der Waals surface area contributed by atoms with Gasteiger partial charge in [-0.3, -0.25) is 0 Å². The van der Waals surface area contributed by atoms with E-state index in [1.807, 2.05) is 0 Å². The molecule has 100 valence electrons. The van der Waals surface area contributed by atoms with Gasteiger partial charge in [0.2, 0.25) is 0 Å². The summed E-state index contributed by atoms with van der Waals surface area (Å²) in [5, 5.41) is 13.4. The molecule has 3 N–H and O–H groups in total. The quantitative estimate of drug-likeness (QED) is 0.480. The zero-order valence-electron chi connectivity index (χ0n) is 9.72. The normalized spacial score (nSPS) is 15.0. The second kappa shape index (κ2) is 5.61. The van der Waals surface area contributed by atoms with Gasteiger partial charge in [0.15, 0.2) is 6.67 Å². The van der Waals surface area contributed by atoms with Crippen molar-refractivity contribution in [3.63, 3.8) is 0 Å². The smallest absolute Gasteiger partial charge is 0.325 e. The lowest BCUT2D eigenvalue weighted by Gasteiger charge is -2.15. The van der Waals surface area contributed by atoms with Gasteiger partial charge in [-0.25, -0.2) is 4.39 Å². The number of nitrogens with one attached hydrogen (secondary N) is 1. The van der Waals surface area contributed by atoms with Crippen molar-refractivity contribution in [2.75, 3.05) is 12.0 Å². The minimum Gasteiger partial charge on any atom is -0.325 e. The van der Waals surface area contributed by atoms with Crippen molar-refractivity contribution < 1.29 is 18.6 Å². The molecule has 1 aliphatic rings. The van der Waals surface area contributed by atoms with Crippen molar-refractivity contribution in [2.45, 2.75) is 6.05 Å². The van der Waals surface area contributed by atoms with Gasteiger partial charge in [0, 0.05) is 11.8 Å². The van der Waals surface area contributed by atoms with E-state index in [-0.39, 0.29) is 5.69 Å². The van der Waals surface area contributed by atoms with Crippen LogP contribution in [0.1, 0.15) is 0 Å². The first-order valence-electron chi connectivity index (χ1n) is 5.39. The molecular formula is C11H11F3N5+. The van der Waals surface area contributed by atoms with Crippen molar-refractivity contribution in [1.82, 2.24) is 0 Å². The zero-order chi connectivity index (χ0) is 13.7. The highest BCUT2D eigenvalue weighted by atomic mass is 19.3. The Hall–Kier alpha value is -2.22. The number of halogens is 3. The van der Waals surface area contributed by atoms with E-state index < -0.39 is 12.7 Å². The van der Waals surface area contributed by atoms with Gasteiger partial charge >= 0.3 is 6.05 Å². The number of hydrogen-bond donors (Lipinski definition) is 2. The first-order chi connectivity index (χ1) is 9.09. The fourth-order valence-electron chi connectivity index (χ4n) is 1.31. The van der Waals surface area contributed by atoms with Gasteiger partial charge in [0.25, 0.3) is 5.82 Å². The zero-order valence-corrected chi connectivity index (χ0v) is 9.72. The number of benzene rings is 1. The second-order valence-electron chi connectivity index (χ2n) is 3.73. The van der Waals surface area contributed by atoms with Gasteiger partial charge in [-0.1, -0.05) is 10.2 Å². The Morgan fingerprint density at radius 3 is 2.53 bits per heavy atom. The van der Waals surface area contributed by atoms with Crippen molar-refractivity contribution in [1.29, 1.82) is 0 Å². The van der Waals surface area contributed by atoms with Gasteiger partial charge in [-0.15, -0.1) is 5.11 Å². The molecule has 1 aliphatic heterocycles. The fourth-order valence-corrected chi connectivity index (χ4v) is 1.31. The number of nitrogens with two attached hydrogens (primary N) is 1. The molecule has 19 heavy (non-hydrogen) atoms. The van der Waals surface area contributed by atoms with E-state index in [1.165, 1.54) is 24.3 Å². The predicted octanol–water partition coefficient (Wildman–Crippen LogP) is 2.15. The van der Waals surface area contributed by atoms with E-state index in [0.717, 1.165) is 0 Å². The fraction of sp³-hybridized carbons (Fsp3) is 0.182. The van der Waals surface area contributed by atoms with Crippen LogP contribution in [-0.2, 0) is 0 Å². The average molecular weight is 270 g/mol. The Bertz CT molecular complexity index is 522. The number of hydrogen-bond acceptors (Lipinski definition) is 4. The maximum atomic E-state index is 12.7. The molecular weight excluding hydrogens is 259 g/mol. The molecule has 0 atom stereocenters. The van der Waals surface area contributed by atoms with Gasteiger partial charge in [0.05, 0.1) is 11.9 Å². The number of allylic oxidation sites excluding steroid dienone is 1. The third kappa shape index (κ3) is 3.88. The van der Waals surface area contributed by atoms with Crippen LogP contribution in [0.3, 0.4) is 0 Å². The van der Waals surface area contributed by atoms with E-state index >= 15 is 0 Å². The van der Waals surface area contributed by atoms with E-state index in [0.29, 0.717) is 11.5 Å². The standard InChI is InChI=1S/C11H10F3N5/c12-7-11(13,14)16-8-1-3-9(4-2-8)17-19-10-5-6-15-18-10/h1-6,16H,7H2,(H,15,18)/p+1. The Balaban J connectivity index is 1.98. The maximum absolute atomic E-state index is 12.7. The van der Waals surface area contributed by atoms with Crippen molar-refractivity contribution in [3.05, 3.63) is 36.2 Å². The Kier molecular flexibility index (Phi) is 3.91. The van der Waals surface area contributed by atoms with Crippen LogP contribution in [0.25, 0.3) is 0 Å². The van der Waals surface area contributed by atoms with Crippen LogP contribution in [0.15, 0.2) is 51.5 Å². The van der Waals surface area contributed by atoms with Crippen LogP contribution in [0, 0.1) is 0 Å². The summed E-state index contributed by atoms with van der Waals surface area (Å²) in [7, 11) is 0. The summed E-state index contributed by atoms with van der Waals surface area (Å²) in [4.78, 5) is 0. The third-order valence-electron chi connectivity index (χ3n) is 2.18. The number of alkyl halides is 3. The largest absolute Gasteiger partial charge is 0.351 e. The Labute approximate surface area is 106 Å². The van der Waals surface area contributed by atoms with Crippen molar-refractivity contribution in [2.24, 2.45) is 15.3 Å². The summed E-state index contributed by atoms with van der Waals surface area (Å²) in [5.74, 6) is 0.603. The lowest BCUT2D eigenvalue weighted by molar-refractivity contribution is -0.609. The first-order valence-corrected chi connectivity index (χ1v) is 5.39. The molecule has 0 aliphatic carbocycles. The van der Waals surface area contributed by atoms with Crippen molar-refractivity contribution in [3.8, 4) is 0 Å². The monoisotopic (exact) mass is 270 g/mol. The summed E-state index contributed by atoms with van der Waals surface area (Å²) < 4.78 is 37.4. The minimum atomic E-state index is -3.57. The molecule has 1 aromatic rings. The van der Waals surface area contributed by atoms with E-state index in [1.54, 1.807) is 23.0 Å². The molecule has 0 bridgehead atoms. The highest BCUT2D eigenvalue weighted by Crippen LogP contribution is 2.22. The maximum Gasteiger partial charge on any atom is 0.351 e. The Morgan fingerprint density at radius 2 is 1.95 bits per heavy atom. The van der Waals surface area contributed by atoms with Crippen molar-refractivity contribution >= 4 is 17.6 Å². The van der Waals surface area contributed by atoms with Crippen LogP contribution in [0.5, 0.6) is 0 Å².